The van der Waals surface area contributed by atoms with Crippen molar-refractivity contribution in [3.63, 3.8) is 0 Å². The van der Waals surface area contributed by atoms with Crippen LogP contribution < -0.4 is 20.9 Å². The van der Waals surface area contributed by atoms with Crippen LogP contribution in [-0.2, 0) is 24.1 Å². The lowest BCUT2D eigenvalue weighted by molar-refractivity contribution is -0.138. The van der Waals surface area contributed by atoms with Crippen LogP contribution >= 0.6 is 0 Å². The number of halogens is 3. The van der Waals surface area contributed by atoms with E-state index in [1.807, 2.05) is 17.9 Å². The van der Waals surface area contributed by atoms with Gasteiger partial charge in [-0.25, -0.2) is 25.1 Å². The Morgan fingerprint density at radius 1 is 1.17 bits per heavy atom. The summed E-state index contributed by atoms with van der Waals surface area (Å²) in [5, 5.41) is 16.1. The smallest absolute Gasteiger partial charge is 0.416 e. The molecule has 5 N–H and O–H groups in total. The molecule has 3 aliphatic rings. The number of nitrogens with zero attached hydrogens (tertiary/aromatic N) is 5. The van der Waals surface area contributed by atoms with Crippen molar-refractivity contribution in [3.05, 3.63) is 76.9 Å². The lowest BCUT2D eigenvalue weighted by Gasteiger charge is -2.34. The highest BCUT2D eigenvalue weighted by atomic mass is 19.4. The number of fused-ring (bicyclic) bond motifs is 2. The van der Waals surface area contributed by atoms with Crippen molar-refractivity contribution in [2.45, 2.75) is 44.9 Å². The first-order valence-electron chi connectivity index (χ1n) is 15.7. The predicted octanol–water partition coefficient (Wildman–Crippen LogP) is 4.27. The fourth-order valence-corrected chi connectivity index (χ4v) is 6.26. The molecule has 16 heteroatoms. The second kappa shape index (κ2) is 13.0. The van der Waals surface area contributed by atoms with E-state index in [4.69, 9.17) is 9.57 Å². The highest BCUT2D eigenvalue weighted by Crippen LogP contribution is 2.37. The van der Waals surface area contributed by atoms with Gasteiger partial charge in [0.2, 0.25) is 0 Å². The summed E-state index contributed by atoms with van der Waals surface area (Å²) in [6.07, 6.45) is -1.96. The number of piperazine rings is 1. The number of hydrogen-bond acceptors (Lipinski definition) is 10. The standard InChI is InChI=1S/C32H34F3N9O4/c1-2-18-16-44(30(45)39-21-4-3-19(24(12-21)32(33,34)35)15-43-9-7-36-8-10-43)17-20-11-22(14-38-27(18)20)47-26-5-6-37-28-23(26)13-25(40-28)29-41-31(46)48-42-29/h3-6,11-14,18,31,36,46H,2,7-10,15-17H2,1H3,(H,37,40)(H,39,45)(H,41,42)/t18-,31?/m0/s1. The Morgan fingerprint density at radius 3 is 2.75 bits per heavy atom. The van der Waals surface area contributed by atoms with Crippen LogP contribution in [0.1, 0.15) is 47.3 Å². The molecule has 3 aromatic heterocycles. The van der Waals surface area contributed by atoms with E-state index < -0.39 is 24.2 Å². The minimum Gasteiger partial charge on any atom is -0.455 e. The molecule has 0 spiro atoms. The number of aliphatic hydroxyl groups is 1. The lowest BCUT2D eigenvalue weighted by atomic mass is 9.92. The first-order valence-corrected chi connectivity index (χ1v) is 15.7. The molecular weight excluding hydrogens is 631 g/mol. The quantitative estimate of drug-likeness (QED) is 0.195. The Kier molecular flexibility index (Phi) is 8.63. The number of urea groups is 1. The van der Waals surface area contributed by atoms with Crippen LogP contribution in [0.15, 0.2) is 53.8 Å². The molecule has 13 nitrogen and oxygen atoms in total. The number of carbonyl (C=O) groups excluding carboxylic acids is 1. The number of anilines is 1. The van der Waals surface area contributed by atoms with Crippen LogP contribution in [0.3, 0.4) is 0 Å². The Labute approximate surface area is 273 Å². The number of rotatable bonds is 7. The number of carbonyl (C=O) groups is 1. The summed E-state index contributed by atoms with van der Waals surface area (Å²) in [5.41, 5.74) is 4.75. The van der Waals surface area contributed by atoms with E-state index in [1.165, 1.54) is 12.1 Å². The van der Waals surface area contributed by atoms with Crippen LogP contribution in [0, 0.1) is 0 Å². The number of amides is 2. The molecule has 7 rings (SSSR count). The molecule has 1 unspecified atom stereocenters. The summed E-state index contributed by atoms with van der Waals surface area (Å²) in [7, 11) is 0. The van der Waals surface area contributed by atoms with Gasteiger partial charge < -0.3 is 30.4 Å². The summed E-state index contributed by atoms with van der Waals surface area (Å²) in [4.78, 5) is 38.0. The first-order chi connectivity index (χ1) is 23.1. The molecule has 252 valence electrons. The third-order valence-corrected chi connectivity index (χ3v) is 8.69. The van der Waals surface area contributed by atoms with Gasteiger partial charge >= 0.3 is 12.2 Å². The molecule has 1 aromatic carbocycles. The summed E-state index contributed by atoms with van der Waals surface area (Å²) >= 11 is 0. The maximum atomic E-state index is 14.1. The number of aliphatic imine (C=N–C) groups is 1. The van der Waals surface area contributed by atoms with E-state index in [1.54, 1.807) is 29.4 Å². The van der Waals surface area contributed by atoms with Gasteiger partial charge in [0.25, 0.3) is 6.41 Å². The molecule has 0 aliphatic carbocycles. The topological polar surface area (TPSA) is 152 Å². The minimum atomic E-state index is -4.57. The predicted molar refractivity (Wildman–Crippen MR) is 169 cm³/mol. The number of amidine groups is 1. The number of pyridine rings is 2. The first kappa shape index (κ1) is 31.8. The zero-order valence-electron chi connectivity index (χ0n) is 26.0. The van der Waals surface area contributed by atoms with Crippen LogP contribution in [-0.4, -0.2) is 80.9 Å². The van der Waals surface area contributed by atoms with Crippen molar-refractivity contribution < 1.29 is 32.6 Å². The zero-order valence-corrected chi connectivity index (χ0v) is 26.0. The van der Waals surface area contributed by atoms with Crippen LogP contribution in [0.4, 0.5) is 23.7 Å². The van der Waals surface area contributed by atoms with Gasteiger partial charge in [-0.3, -0.25) is 9.88 Å². The second-order valence-corrected chi connectivity index (χ2v) is 11.9. The Morgan fingerprint density at radius 2 is 2.00 bits per heavy atom. The number of nitrogens with one attached hydrogen (secondary N) is 4. The molecule has 6 heterocycles. The number of hydroxylamine groups is 1. The molecule has 0 saturated carbocycles. The van der Waals surface area contributed by atoms with Crippen molar-refractivity contribution in [2.75, 3.05) is 38.0 Å². The zero-order chi connectivity index (χ0) is 33.4. The Balaban J connectivity index is 1.09. The van der Waals surface area contributed by atoms with Gasteiger partial charge in [-0.2, -0.15) is 13.2 Å². The van der Waals surface area contributed by atoms with E-state index in [-0.39, 0.29) is 30.3 Å². The summed E-state index contributed by atoms with van der Waals surface area (Å²) < 4.78 is 48.5. The maximum Gasteiger partial charge on any atom is 0.416 e. The molecule has 0 bridgehead atoms. The molecule has 1 saturated heterocycles. The third-order valence-electron chi connectivity index (χ3n) is 8.69. The van der Waals surface area contributed by atoms with E-state index in [0.717, 1.165) is 30.4 Å². The average Bonchev–Trinajstić information content (AvgIpc) is 3.71. The van der Waals surface area contributed by atoms with Crippen molar-refractivity contribution in [1.82, 2.24) is 35.5 Å². The third kappa shape index (κ3) is 6.64. The number of aliphatic hydroxyl groups excluding tert-OH is 1. The Bertz CT molecular complexity index is 1860. The molecule has 2 atom stereocenters. The van der Waals surface area contributed by atoms with Gasteiger partial charge in [-0.1, -0.05) is 13.0 Å². The largest absolute Gasteiger partial charge is 0.455 e. The number of hydrogen-bond donors (Lipinski definition) is 5. The number of aromatic nitrogens is 3. The fraction of sp³-hybridized carbons (Fsp3) is 0.375. The summed E-state index contributed by atoms with van der Waals surface area (Å²) in [6.45, 7) is 5.55. The summed E-state index contributed by atoms with van der Waals surface area (Å²) in [6, 6.07) is 8.79. The van der Waals surface area contributed by atoms with Crippen molar-refractivity contribution >= 4 is 28.6 Å². The highest BCUT2D eigenvalue weighted by Gasteiger charge is 2.35. The highest BCUT2D eigenvalue weighted by molar-refractivity contribution is 6.02. The number of benzene rings is 1. The van der Waals surface area contributed by atoms with Gasteiger partial charge in [0.15, 0.2) is 5.84 Å². The van der Waals surface area contributed by atoms with Crippen LogP contribution in [0.5, 0.6) is 11.5 Å². The lowest BCUT2D eigenvalue weighted by Crippen LogP contribution is -2.43. The van der Waals surface area contributed by atoms with E-state index in [2.05, 4.69) is 36.1 Å². The second-order valence-electron chi connectivity index (χ2n) is 11.9. The SMILES string of the molecule is CC[C@H]1CN(C(=O)Nc2ccc(CN3CCNCC3)c(C(F)(F)F)c2)Cc2cc(Oc3ccnc4[nH]c(C5=NC(O)ON5)cc34)cnc21. The van der Waals surface area contributed by atoms with Gasteiger partial charge in [0, 0.05) is 63.6 Å². The number of H-pyrrole nitrogens is 1. The van der Waals surface area contributed by atoms with Crippen molar-refractivity contribution in [3.8, 4) is 11.5 Å². The number of alkyl halides is 3. The molecule has 0 radical (unpaired) electrons. The van der Waals surface area contributed by atoms with Gasteiger partial charge in [-0.15, -0.1) is 0 Å². The maximum absolute atomic E-state index is 14.1. The molecule has 2 amide bonds. The molecule has 48 heavy (non-hydrogen) atoms. The van der Waals surface area contributed by atoms with Gasteiger partial charge in [0.05, 0.1) is 28.5 Å². The molecule has 4 aromatic rings. The van der Waals surface area contributed by atoms with Gasteiger partial charge in [-0.05, 0) is 47.9 Å². The fourth-order valence-electron chi connectivity index (χ4n) is 6.26. The number of aromatic amines is 1. The van der Waals surface area contributed by atoms with Crippen LogP contribution in [0.25, 0.3) is 11.0 Å². The normalized spacial score (nSPS) is 19.9. The van der Waals surface area contributed by atoms with Crippen LogP contribution in [0.2, 0.25) is 0 Å². The Hall–Kier alpha value is -4.77. The van der Waals surface area contributed by atoms with E-state index in [9.17, 15) is 23.1 Å². The van der Waals surface area contributed by atoms with Crippen molar-refractivity contribution in [2.24, 2.45) is 4.99 Å². The minimum absolute atomic E-state index is 0.0715. The van der Waals surface area contributed by atoms with E-state index >= 15 is 0 Å². The summed E-state index contributed by atoms with van der Waals surface area (Å²) in [5.74, 6) is 1.17. The molecule has 1 fully saturated rings. The monoisotopic (exact) mass is 665 g/mol. The molecule has 3 aliphatic heterocycles. The number of ether oxygens (including phenoxy) is 1. The van der Waals surface area contributed by atoms with E-state index in [0.29, 0.717) is 60.1 Å². The van der Waals surface area contributed by atoms with Gasteiger partial charge in [0.1, 0.15) is 17.1 Å². The molecular formula is C32H34F3N9O4. The average molecular weight is 666 g/mol. The van der Waals surface area contributed by atoms with Crippen molar-refractivity contribution in [1.29, 1.82) is 0 Å².